The Morgan fingerprint density at radius 3 is 2.16 bits per heavy atom. The lowest BCUT2D eigenvalue weighted by Crippen LogP contribution is -2.52. The fourth-order valence-electron chi connectivity index (χ4n) is 2.97. The Morgan fingerprint density at radius 2 is 1.63 bits per heavy atom. The molecule has 1 heterocycles. The van der Waals surface area contributed by atoms with Gasteiger partial charge in [0.25, 0.3) is 0 Å². The highest BCUT2D eigenvalue weighted by Gasteiger charge is 2.28. The Morgan fingerprint density at radius 1 is 1.00 bits per heavy atom. The predicted octanol–water partition coefficient (Wildman–Crippen LogP) is 2.04. The van der Waals surface area contributed by atoms with Gasteiger partial charge in [0.2, 0.25) is 0 Å². The summed E-state index contributed by atoms with van der Waals surface area (Å²) < 4.78 is 0. The van der Waals surface area contributed by atoms with Crippen LogP contribution in [0.1, 0.15) is 40.5 Å². The highest BCUT2D eigenvalue weighted by molar-refractivity contribution is 4.83. The summed E-state index contributed by atoms with van der Waals surface area (Å²) in [6.07, 6.45) is 2.96. The van der Waals surface area contributed by atoms with Crippen LogP contribution in [-0.2, 0) is 0 Å². The molecule has 0 amide bonds. The maximum absolute atomic E-state index is 3.57. The van der Waals surface area contributed by atoms with Crippen molar-refractivity contribution in [3.8, 4) is 0 Å². The molecule has 2 aliphatic rings. The smallest absolute Gasteiger partial charge is 0.0113 e. The Kier molecular flexibility index (Phi) is 5.67. The minimum atomic E-state index is 0.602. The molecule has 3 heteroatoms. The molecule has 1 aliphatic heterocycles. The highest BCUT2D eigenvalue weighted by atomic mass is 15.3. The summed E-state index contributed by atoms with van der Waals surface area (Å²) in [6.45, 7) is 16.9. The molecule has 0 spiro atoms. The van der Waals surface area contributed by atoms with Crippen molar-refractivity contribution in [2.24, 2.45) is 11.8 Å². The van der Waals surface area contributed by atoms with E-state index in [1.165, 1.54) is 45.6 Å². The first kappa shape index (κ1) is 15.3. The van der Waals surface area contributed by atoms with Gasteiger partial charge in [0.1, 0.15) is 0 Å². The van der Waals surface area contributed by atoms with E-state index in [9.17, 15) is 0 Å². The van der Waals surface area contributed by atoms with Gasteiger partial charge in [0.15, 0.2) is 0 Å². The van der Waals surface area contributed by atoms with Crippen molar-refractivity contribution >= 4 is 0 Å². The number of rotatable bonds is 7. The molecule has 112 valence electrons. The fraction of sp³-hybridized carbons (Fsp3) is 1.00. The Labute approximate surface area is 119 Å². The first-order valence-electron chi connectivity index (χ1n) is 8.26. The van der Waals surface area contributed by atoms with E-state index in [2.05, 4.69) is 42.8 Å². The van der Waals surface area contributed by atoms with Gasteiger partial charge in [0.05, 0.1) is 0 Å². The van der Waals surface area contributed by atoms with Crippen molar-refractivity contribution in [2.45, 2.75) is 52.6 Å². The van der Waals surface area contributed by atoms with E-state index in [1.54, 1.807) is 0 Å². The normalized spacial score (nSPS) is 25.7. The zero-order chi connectivity index (χ0) is 13.8. The lowest BCUT2D eigenvalue weighted by Gasteiger charge is -2.40. The van der Waals surface area contributed by atoms with Gasteiger partial charge >= 0.3 is 0 Å². The van der Waals surface area contributed by atoms with Gasteiger partial charge in [-0.15, -0.1) is 0 Å². The van der Waals surface area contributed by atoms with Gasteiger partial charge in [-0.1, -0.05) is 20.8 Å². The van der Waals surface area contributed by atoms with Crippen LogP contribution in [0.3, 0.4) is 0 Å². The van der Waals surface area contributed by atoms with E-state index >= 15 is 0 Å². The molecule has 2 atom stereocenters. The van der Waals surface area contributed by atoms with Crippen LogP contribution in [0.15, 0.2) is 0 Å². The Balaban J connectivity index is 1.67. The van der Waals surface area contributed by atoms with Gasteiger partial charge in [-0.2, -0.15) is 0 Å². The van der Waals surface area contributed by atoms with Gasteiger partial charge < -0.3 is 10.2 Å². The van der Waals surface area contributed by atoms with Crippen LogP contribution in [0.5, 0.6) is 0 Å². The first-order chi connectivity index (χ1) is 9.06. The van der Waals surface area contributed by atoms with Crippen LogP contribution in [0.4, 0.5) is 0 Å². The zero-order valence-corrected chi connectivity index (χ0v) is 13.4. The van der Waals surface area contributed by atoms with Gasteiger partial charge in [-0.05, 0) is 38.1 Å². The van der Waals surface area contributed by atoms with Crippen LogP contribution in [0, 0.1) is 11.8 Å². The molecule has 0 aromatic rings. The summed E-state index contributed by atoms with van der Waals surface area (Å²) in [4.78, 5) is 5.37. The molecule has 1 saturated heterocycles. The third kappa shape index (κ3) is 5.05. The van der Waals surface area contributed by atoms with Crippen LogP contribution in [0.2, 0.25) is 0 Å². The van der Waals surface area contributed by atoms with E-state index in [0.717, 1.165) is 18.4 Å². The third-order valence-corrected chi connectivity index (χ3v) is 4.87. The lowest BCUT2D eigenvalue weighted by molar-refractivity contribution is 0.0778. The molecule has 0 aromatic heterocycles. The minimum Gasteiger partial charge on any atom is -0.314 e. The SMILES string of the molecule is CC(C)NCC(C)C(C)N1CCN(CC2CC2)CC1. The Hall–Kier alpha value is -0.120. The third-order valence-electron chi connectivity index (χ3n) is 4.87. The van der Waals surface area contributed by atoms with Gasteiger partial charge in [-0.3, -0.25) is 4.90 Å². The minimum absolute atomic E-state index is 0.602. The van der Waals surface area contributed by atoms with Crippen LogP contribution in [-0.4, -0.2) is 61.2 Å². The topological polar surface area (TPSA) is 18.5 Å². The molecular formula is C16H33N3. The van der Waals surface area contributed by atoms with Crippen molar-refractivity contribution in [3.05, 3.63) is 0 Å². The zero-order valence-electron chi connectivity index (χ0n) is 13.4. The second-order valence-corrected chi connectivity index (χ2v) is 7.06. The molecule has 0 radical (unpaired) electrons. The number of hydrogen-bond acceptors (Lipinski definition) is 3. The largest absolute Gasteiger partial charge is 0.314 e. The van der Waals surface area contributed by atoms with E-state index in [1.807, 2.05) is 0 Å². The average molecular weight is 267 g/mol. The molecule has 2 unspecified atom stereocenters. The second-order valence-electron chi connectivity index (χ2n) is 7.06. The molecule has 3 nitrogen and oxygen atoms in total. The van der Waals surface area contributed by atoms with Crippen molar-refractivity contribution in [3.63, 3.8) is 0 Å². The van der Waals surface area contributed by atoms with E-state index in [0.29, 0.717) is 12.1 Å². The summed E-state index contributed by atoms with van der Waals surface area (Å²) in [5, 5.41) is 3.57. The molecular weight excluding hydrogens is 234 g/mol. The predicted molar refractivity (Wildman–Crippen MR) is 82.5 cm³/mol. The standard InChI is InChI=1S/C16H33N3/c1-13(2)17-11-14(3)15(4)19-9-7-18(8-10-19)12-16-5-6-16/h13-17H,5-12H2,1-4H3. The summed E-state index contributed by atoms with van der Waals surface area (Å²) >= 11 is 0. The summed E-state index contributed by atoms with van der Waals surface area (Å²) in [7, 11) is 0. The molecule has 1 aliphatic carbocycles. The van der Waals surface area contributed by atoms with Crippen LogP contribution in [0.25, 0.3) is 0 Å². The molecule has 19 heavy (non-hydrogen) atoms. The number of nitrogens with zero attached hydrogens (tertiary/aromatic N) is 2. The monoisotopic (exact) mass is 267 g/mol. The maximum atomic E-state index is 3.57. The first-order valence-corrected chi connectivity index (χ1v) is 8.26. The van der Waals surface area contributed by atoms with Gasteiger partial charge in [-0.25, -0.2) is 0 Å². The number of piperazine rings is 1. The van der Waals surface area contributed by atoms with E-state index in [4.69, 9.17) is 0 Å². The van der Waals surface area contributed by atoms with Crippen LogP contribution >= 0.6 is 0 Å². The molecule has 2 fully saturated rings. The maximum Gasteiger partial charge on any atom is 0.0113 e. The van der Waals surface area contributed by atoms with E-state index < -0.39 is 0 Å². The van der Waals surface area contributed by atoms with Crippen molar-refractivity contribution in [1.82, 2.24) is 15.1 Å². The highest BCUT2D eigenvalue weighted by Crippen LogP contribution is 2.30. The van der Waals surface area contributed by atoms with Crippen LogP contribution < -0.4 is 5.32 Å². The molecule has 1 saturated carbocycles. The second kappa shape index (κ2) is 7.05. The van der Waals surface area contributed by atoms with Crippen molar-refractivity contribution in [2.75, 3.05) is 39.3 Å². The molecule has 1 N–H and O–H groups in total. The summed E-state index contributed by atoms with van der Waals surface area (Å²) in [6, 6.07) is 1.30. The molecule has 2 rings (SSSR count). The lowest BCUT2D eigenvalue weighted by atomic mass is 10.0. The Bertz CT molecular complexity index is 255. The molecule has 0 aromatic carbocycles. The molecule has 0 bridgehead atoms. The van der Waals surface area contributed by atoms with Gasteiger partial charge in [0, 0.05) is 44.8 Å². The fourth-order valence-corrected chi connectivity index (χ4v) is 2.97. The summed E-state index contributed by atoms with van der Waals surface area (Å²) in [5.41, 5.74) is 0. The number of hydrogen-bond donors (Lipinski definition) is 1. The van der Waals surface area contributed by atoms with E-state index in [-0.39, 0.29) is 0 Å². The quantitative estimate of drug-likeness (QED) is 0.761. The summed E-state index contributed by atoms with van der Waals surface area (Å²) in [5.74, 6) is 1.77. The van der Waals surface area contributed by atoms with Crippen molar-refractivity contribution in [1.29, 1.82) is 0 Å². The average Bonchev–Trinajstić information content (AvgIpc) is 3.20. The number of nitrogens with one attached hydrogen (secondary N) is 1. The van der Waals surface area contributed by atoms with Crippen molar-refractivity contribution < 1.29 is 0 Å².